The van der Waals surface area contributed by atoms with Gasteiger partial charge in [0.2, 0.25) is 11.4 Å². The first-order valence-corrected chi connectivity index (χ1v) is 12.5. The molecule has 0 radical (unpaired) electrons. The number of hydrogen-bond donors (Lipinski definition) is 0. The lowest BCUT2D eigenvalue weighted by molar-refractivity contribution is 0.578. The Hall–Kier alpha value is -7.81. The second kappa shape index (κ2) is 11.4. The van der Waals surface area contributed by atoms with Crippen molar-refractivity contribution in [3.8, 4) is 24.3 Å². The first kappa shape index (κ1) is 30.6. The lowest BCUT2D eigenvalue weighted by atomic mass is 9.91. The largest absolute Gasteiger partial charge is 0.270 e. The van der Waals surface area contributed by atoms with Crippen LogP contribution in [0.4, 0.5) is 27.6 Å². The van der Waals surface area contributed by atoms with E-state index in [4.69, 9.17) is 26.3 Å². The second-order valence-electron chi connectivity index (χ2n) is 9.45. The molecule has 0 spiro atoms. The molecule has 3 aromatic rings. The van der Waals surface area contributed by atoms with Gasteiger partial charge in [0.1, 0.15) is 41.2 Å². The summed E-state index contributed by atoms with van der Waals surface area (Å²) in [5, 5.41) is 39.3. The highest BCUT2D eigenvalue weighted by molar-refractivity contribution is 6.29. The Bertz CT molecular complexity index is 2520. The van der Waals surface area contributed by atoms with Crippen molar-refractivity contribution in [1.82, 2.24) is 0 Å². The van der Waals surface area contributed by atoms with Gasteiger partial charge in [0.25, 0.3) is 11.4 Å². The molecule has 0 aliphatic heterocycles. The van der Waals surface area contributed by atoms with Crippen molar-refractivity contribution >= 4 is 39.2 Å². The SMILES string of the molecule is [C-]#[N+]C1=C(c2cc([N+]#[C-])c(F)cc2F)/C(=C(/C#N)[N+]#[C-])c2cc3c(c(F)c21)/C(=C(/C#N)[N+]#[C-])C(c1cc(C#N)c(F)cc1F)=C3C#N. The van der Waals surface area contributed by atoms with Gasteiger partial charge in [-0.05, 0) is 46.5 Å². The third-order valence-corrected chi connectivity index (χ3v) is 7.28. The Morgan fingerprint density at radius 2 is 1.17 bits per heavy atom. The Morgan fingerprint density at radius 1 is 0.574 bits per heavy atom. The summed E-state index contributed by atoms with van der Waals surface area (Å²) in [5.74, 6) is -6.59. The average molecular weight is 620 g/mol. The Morgan fingerprint density at radius 3 is 1.70 bits per heavy atom. The number of hydrogen-bond acceptors (Lipinski definition) is 4. The van der Waals surface area contributed by atoms with Gasteiger partial charge in [0, 0.05) is 39.5 Å². The number of halogens is 5. The smallest absolute Gasteiger partial charge is 0.237 e. The van der Waals surface area contributed by atoms with Gasteiger partial charge in [0.05, 0.1) is 49.6 Å². The van der Waals surface area contributed by atoms with E-state index in [1.165, 1.54) is 12.1 Å². The lowest BCUT2D eigenvalue weighted by Gasteiger charge is -2.14. The van der Waals surface area contributed by atoms with Gasteiger partial charge in [-0.1, -0.05) is 0 Å². The second-order valence-corrected chi connectivity index (χ2v) is 9.45. The van der Waals surface area contributed by atoms with Crippen molar-refractivity contribution in [1.29, 1.82) is 21.0 Å². The molecule has 5 rings (SSSR count). The van der Waals surface area contributed by atoms with Crippen LogP contribution in [-0.2, 0) is 0 Å². The van der Waals surface area contributed by atoms with Gasteiger partial charge in [-0.2, -0.15) is 10.5 Å². The van der Waals surface area contributed by atoms with Crippen LogP contribution in [-0.4, -0.2) is 0 Å². The van der Waals surface area contributed by atoms with Gasteiger partial charge < -0.3 is 0 Å². The standard InChI is InChI=1S/C34H5F5N8/c1-44-24-7-17(22(37)9-23(24)38)30-28(25(12-42)45-2)18-6-15-19(11-41)27(16-5-14(10-40)20(35)8-21(16)36)32(26(13-43)46-3)29(15)33(39)31(18)34(30)47-4/h5-9H/b28-25-,32-26-. The van der Waals surface area contributed by atoms with E-state index in [9.17, 15) is 29.8 Å². The van der Waals surface area contributed by atoms with Crippen LogP contribution in [0.3, 0.4) is 0 Å². The zero-order chi connectivity index (χ0) is 34.3. The molecule has 0 unspecified atom stereocenters. The molecule has 0 atom stereocenters. The zero-order valence-corrected chi connectivity index (χ0v) is 22.9. The van der Waals surface area contributed by atoms with Crippen LogP contribution in [0.2, 0.25) is 0 Å². The van der Waals surface area contributed by atoms with E-state index in [2.05, 4.69) is 19.4 Å². The molecular weight excluding hydrogens is 615 g/mol. The summed E-state index contributed by atoms with van der Waals surface area (Å²) in [7, 11) is 0. The van der Waals surface area contributed by atoms with Crippen LogP contribution in [0.1, 0.15) is 38.9 Å². The first-order chi connectivity index (χ1) is 22.6. The Kier molecular flexibility index (Phi) is 7.41. The maximum Gasteiger partial charge on any atom is 0.270 e. The summed E-state index contributed by atoms with van der Waals surface area (Å²) in [5.41, 5.74) is -9.94. The number of fused-ring (bicyclic) bond motifs is 2. The number of nitrogens with zero attached hydrogens (tertiary/aromatic N) is 8. The molecule has 0 bridgehead atoms. The predicted molar refractivity (Wildman–Crippen MR) is 154 cm³/mol. The molecule has 13 heteroatoms. The van der Waals surface area contributed by atoms with E-state index in [1.54, 1.807) is 12.1 Å². The minimum atomic E-state index is -1.40. The predicted octanol–water partition coefficient (Wildman–Crippen LogP) is 8.36. The summed E-state index contributed by atoms with van der Waals surface area (Å²) in [6.07, 6.45) is 0. The third-order valence-electron chi connectivity index (χ3n) is 7.28. The summed E-state index contributed by atoms with van der Waals surface area (Å²) in [6.45, 7) is 30.2. The van der Waals surface area contributed by atoms with E-state index in [-0.39, 0.29) is 0 Å². The summed E-state index contributed by atoms with van der Waals surface area (Å²) >= 11 is 0. The molecule has 0 N–H and O–H groups in total. The van der Waals surface area contributed by atoms with Crippen molar-refractivity contribution in [2.45, 2.75) is 0 Å². The minimum Gasteiger partial charge on any atom is -0.237 e. The number of rotatable bonds is 2. The number of allylic oxidation sites excluding steroid dienone is 7. The van der Waals surface area contributed by atoms with E-state index in [0.717, 1.165) is 12.1 Å². The highest BCUT2D eigenvalue weighted by Crippen LogP contribution is 2.57. The molecule has 2 aliphatic rings. The highest BCUT2D eigenvalue weighted by Gasteiger charge is 2.41. The summed E-state index contributed by atoms with van der Waals surface area (Å²) in [4.78, 5) is 12.5. The van der Waals surface area contributed by atoms with Crippen molar-refractivity contribution < 1.29 is 22.0 Å². The molecule has 0 saturated heterocycles. The van der Waals surface area contributed by atoms with Crippen LogP contribution in [0, 0.1) is 101 Å². The van der Waals surface area contributed by atoms with Gasteiger partial charge in [-0.3, -0.25) is 0 Å². The average Bonchev–Trinajstić information content (AvgIpc) is 3.56. The fourth-order valence-electron chi connectivity index (χ4n) is 5.44. The van der Waals surface area contributed by atoms with E-state index in [0.29, 0.717) is 18.2 Å². The van der Waals surface area contributed by atoms with Crippen LogP contribution in [0.15, 0.2) is 41.7 Å². The monoisotopic (exact) mass is 620 g/mol. The molecule has 0 saturated carbocycles. The van der Waals surface area contributed by atoms with Crippen molar-refractivity contribution in [3.63, 3.8) is 0 Å². The molecule has 8 nitrogen and oxygen atoms in total. The molecule has 0 fully saturated rings. The fraction of sp³-hybridized carbons (Fsp3) is 0. The molecule has 216 valence electrons. The van der Waals surface area contributed by atoms with Crippen molar-refractivity contribution in [2.24, 2.45) is 0 Å². The van der Waals surface area contributed by atoms with Crippen LogP contribution < -0.4 is 0 Å². The molecule has 0 aromatic heterocycles. The fourth-order valence-corrected chi connectivity index (χ4v) is 5.44. The van der Waals surface area contributed by atoms with Crippen LogP contribution in [0.5, 0.6) is 0 Å². The van der Waals surface area contributed by atoms with Gasteiger partial charge in [0.15, 0.2) is 0 Å². The third kappa shape index (κ3) is 4.27. The quantitative estimate of drug-likeness (QED) is 0.163. The van der Waals surface area contributed by atoms with Gasteiger partial charge in [-0.25, -0.2) is 51.9 Å². The van der Waals surface area contributed by atoms with Crippen LogP contribution >= 0.6 is 0 Å². The molecular formula is C34H5F5N8. The minimum absolute atomic E-state index is 0.327. The number of nitriles is 4. The Balaban J connectivity index is 2.02. The maximum absolute atomic E-state index is 17.0. The zero-order valence-electron chi connectivity index (χ0n) is 22.9. The van der Waals surface area contributed by atoms with E-state index < -0.39 is 119 Å². The molecule has 3 aromatic carbocycles. The maximum atomic E-state index is 17.0. The molecule has 0 heterocycles. The Labute approximate surface area is 261 Å². The molecule has 47 heavy (non-hydrogen) atoms. The van der Waals surface area contributed by atoms with Crippen LogP contribution in [0.25, 0.3) is 52.9 Å². The first-order valence-electron chi connectivity index (χ1n) is 12.5. The molecule has 2 aliphatic carbocycles. The topological polar surface area (TPSA) is 113 Å². The summed E-state index contributed by atoms with van der Waals surface area (Å²) < 4.78 is 76.1. The highest BCUT2D eigenvalue weighted by atomic mass is 19.1. The van der Waals surface area contributed by atoms with E-state index in [1.807, 2.05) is 0 Å². The summed E-state index contributed by atoms with van der Waals surface area (Å²) in [6, 6.07) is 9.48. The normalized spacial score (nSPS) is 14.7. The molecule has 0 amide bonds. The lowest BCUT2D eigenvalue weighted by Crippen LogP contribution is -2.01. The number of benzene rings is 3. The van der Waals surface area contributed by atoms with E-state index >= 15 is 13.2 Å². The van der Waals surface area contributed by atoms with Gasteiger partial charge >= 0.3 is 0 Å². The van der Waals surface area contributed by atoms with Crippen molar-refractivity contribution in [2.75, 3.05) is 0 Å². The van der Waals surface area contributed by atoms with Crippen molar-refractivity contribution in [3.05, 3.63) is 155 Å². The van der Waals surface area contributed by atoms with Gasteiger partial charge in [-0.15, -0.1) is 0 Å².